The molecule has 0 aliphatic carbocycles. The fraction of sp³-hybridized carbons (Fsp3) is 0.800. The number of carbonyl (C=O) groups is 1. The van der Waals surface area contributed by atoms with Crippen LogP contribution in [0, 0.1) is 5.92 Å². The van der Waals surface area contributed by atoms with Gasteiger partial charge >= 0.3 is 0 Å². The summed E-state index contributed by atoms with van der Waals surface area (Å²) < 4.78 is 20.6. The van der Waals surface area contributed by atoms with Gasteiger partial charge in [0.25, 0.3) is 0 Å². The van der Waals surface area contributed by atoms with E-state index < -0.39 is 17.3 Å². The van der Waals surface area contributed by atoms with Gasteiger partial charge < -0.3 is 4.79 Å². The van der Waals surface area contributed by atoms with Gasteiger partial charge in [0.1, 0.15) is 6.29 Å². The Morgan fingerprint density at radius 3 is 2.20 bits per heavy atom. The molecule has 2 atom stereocenters. The minimum Gasteiger partial charge on any atom is -0.302 e. The summed E-state index contributed by atoms with van der Waals surface area (Å²) in [7, 11) is 0. The molecule has 0 rings (SSSR count). The Bertz CT molecular complexity index is 137. The first-order chi connectivity index (χ1) is 4.57. The number of hydrogen-bond donors (Lipinski definition) is 2. The van der Waals surface area contributed by atoms with Crippen LogP contribution in [0.2, 0.25) is 0 Å². The summed E-state index contributed by atoms with van der Waals surface area (Å²) in [5.74, 6) is 0.0357. The molecule has 0 spiro atoms. The zero-order chi connectivity index (χ0) is 8.15. The second-order valence-corrected chi connectivity index (χ2v) is 3.01. The third-order valence-electron chi connectivity index (χ3n) is 1.10. The summed E-state index contributed by atoms with van der Waals surface area (Å²) in [6.07, 6.45) is 0.624. The van der Waals surface area contributed by atoms with Crippen LogP contribution in [-0.2, 0) is 16.1 Å². The molecule has 2 N–H and O–H groups in total. The molecule has 0 fully saturated rings. The molecule has 0 heterocycles. The van der Waals surface area contributed by atoms with Crippen molar-refractivity contribution in [2.24, 2.45) is 5.92 Å². The van der Waals surface area contributed by atoms with Crippen LogP contribution in [0.15, 0.2) is 0 Å². The highest BCUT2D eigenvalue weighted by Gasteiger charge is 2.12. The fourth-order valence-corrected chi connectivity index (χ4v) is 0.998. The highest BCUT2D eigenvalue weighted by atomic mass is 32.2. The maximum Gasteiger partial charge on any atom is 0.232 e. The molecule has 0 aliphatic rings. The molecule has 0 aromatic heterocycles. The first-order valence-corrected chi connectivity index (χ1v) is 4.01. The van der Waals surface area contributed by atoms with Gasteiger partial charge in [-0.25, -0.2) is 8.93 Å². The monoisotopic (exact) mass is 165 g/mol. The van der Waals surface area contributed by atoms with E-state index in [0.29, 0.717) is 6.29 Å². The molecule has 4 nitrogen and oxygen atoms in total. The Hall–Kier alpha value is -0.260. The van der Waals surface area contributed by atoms with Gasteiger partial charge in [0, 0.05) is 0 Å². The average molecular weight is 165 g/mol. The minimum absolute atomic E-state index is 0.0357. The van der Waals surface area contributed by atoms with E-state index in [1.54, 1.807) is 13.8 Å². The number of carbonyl (C=O) groups excluding carboxylic acids is 1. The smallest absolute Gasteiger partial charge is 0.232 e. The van der Waals surface area contributed by atoms with E-state index in [4.69, 9.17) is 4.55 Å². The maximum atomic E-state index is 10.2. The molecule has 0 aliphatic heterocycles. The molecule has 0 saturated heterocycles. The Morgan fingerprint density at radius 2 is 2.10 bits per heavy atom. The van der Waals surface area contributed by atoms with E-state index in [0.717, 1.165) is 0 Å². The molecule has 5 heteroatoms. The van der Waals surface area contributed by atoms with Gasteiger partial charge in [0.05, 0.1) is 6.04 Å². The summed E-state index contributed by atoms with van der Waals surface area (Å²) in [5.41, 5.74) is 0. The molecule has 2 unspecified atom stereocenters. The van der Waals surface area contributed by atoms with E-state index in [1.165, 1.54) is 0 Å². The molecule has 0 saturated carbocycles. The van der Waals surface area contributed by atoms with Crippen molar-refractivity contribution in [3.8, 4) is 0 Å². The Balaban J connectivity index is 3.83. The Morgan fingerprint density at radius 1 is 1.60 bits per heavy atom. The quantitative estimate of drug-likeness (QED) is 0.453. The highest BCUT2D eigenvalue weighted by Crippen LogP contribution is 1.97. The zero-order valence-corrected chi connectivity index (χ0v) is 6.72. The lowest BCUT2D eigenvalue weighted by Gasteiger charge is -2.11. The summed E-state index contributed by atoms with van der Waals surface area (Å²) in [6.45, 7) is 3.58. The summed E-state index contributed by atoms with van der Waals surface area (Å²) in [5, 5.41) is 0. The van der Waals surface area contributed by atoms with Gasteiger partial charge in [-0.2, -0.15) is 0 Å². The lowest BCUT2D eigenvalue weighted by Crippen LogP contribution is -2.36. The molecule has 0 radical (unpaired) electrons. The van der Waals surface area contributed by atoms with Crippen LogP contribution in [0.3, 0.4) is 0 Å². The zero-order valence-electron chi connectivity index (χ0n) is 5.90. The van der Waals surface area contributed by atoms with E-state index >= 15 is 0 Å². The van der Waals surface area contributed by atoms with Gasteiger partial charge in [-0.15, -0.1) is 0 Å². The summed E-state index contributed by atoms with van der Waals surface area (Å²) in [6, 6.07) is -0.536. The predicted octanol–water partition coefficient (Wildman–Crippen LogP) is -0.0638. The standard InChI is InChI=1S/C5H11NO3S/c1-4(2)5(3-7)6-10(8)9/h3-6H,1-2H3,(H,8,9). The largest absolute Gasteiger partial charge is 0.302 e. The first-order valence-electron chi connectivity index (χ1n) is 2.90. The van der Waals surface area contributed by atoms with Crippen LogP contribution < -0.4 is 4.72 Å². The second-order valence-electron chi connectivity index (χ2n) is 2.27. The molecule has 0 aromatic rings. The molecule has 0 aromatic carbocycles. The number of rotatable bonds is 4. The lowest BCUT2D eigenvalue weighted by atomic mass is 10.1. The highest BCUT2D eigenvalue weighted by molar-refractivity contribution is 7.77. The summed E-state index contributed by atoms with van der Waals surface area (Å²) >= 11 is -2.10. The third kappa shape index (κ3) is 3.71. The second kappa shape index (κ2) is 4.54. The Labute approximate surface area is 62.4 Å². The van der Waals surface area contributed by atoms with Crippen LogP contribution in [0.5, 0.6) is 0 Å². The molecule has 60 valence electrons. The van der Waals surface area contributed by atoms with E-state index in [-0.39, 0.29) is 5.92 Å². The average Bonchev–Trinajstić information content (AvgIpc) is 1.81. The minimum atomic E-state index is -2.10. The maximum absolute atomic E-state index is 10.2. The van der Waals surface area contributed by atoms with Crippen molar-refractivity contribution in [1.82, 2.24) is 4.72 Å². The topological polar surface area (TPSA) is 66.4 Å². The predicted molar refractivity (Wildman–Crippen MR) is 38.6 cm³/mol. The van der Waals surface area contributed by atoms with Crippen molar-refractivity contribution >= 4 is 17.6 Å². The molecular weight excluding hydrogens is 154 g/mol. The third-order valence-corrected chi connectivity index (χ3v) is 1.58. The van der Waals surface area contributed by atoms with E-state index in [1.807, 2.05) is 0 Å². The lowest BCUT2D eigenvalue weighted by molar-refractivity contribution is -0.110. The van der Waals surface area contributed by atoms with Gasteiger partial charge in [0.2, 0.25) is 11.3 Å². The van der Waals surface area contributed by atoms with Crippen LogP contribution in [0.1, 0.15) is 13.8 Å². The van der Waals surface area contributed by atoms with Crippen molar-refractivity contribution < 1.29 is 13.6 Å². The molecule has 0 amide bonds. The van der Waals surface area contributed by atoms with Crippen molar-refractivity contribution in [2.45, 2.75) is 19.9 Å². The number of nitrogens with one attached hydrogen (secondary N) is 1. The van der Waals surface area contributed by atoms with Crippen molar-refractivity contribution in [3.05, 3.63) is 0 Å². The van der Waals surface area contributed by atoms with Crippen LogP contribution in [0.25, 0.3) is 0 Å². The van der Waals surface area contributed by atoms with E-state index in [9.17, 15) is 9.00 Å². The van der Waals surface area contributed by atoms with Crippen molar-refractivity contribution in [1.29, 1.82) is 0 Å². The molecule has 0 bridgehead atoms. The fourth-order valence-electron chi connectivity index (χ4n) is 0.437. The van der Waals surface area contributed by atoms with Crippen LogP contribution in [-0.4, -0.2) is 21.1 Å². The molecular formula is C5H11NO3S. The van der Waals surface area contributed by atoms with Crippen molar-refractivity contribution in [2.75, 3.05) is 0 Å². The van der Waals surface area contributed by atoms with Gasteiger partial charge in [-0.1, -0.05) is 13.8 Å². The van der Waals surface area contributed by atoms with Gasteiger partial charge in [-0.3, -0.25) is 4.55 Å². The number of aldehydes is 1. The van der Waals surface area contributed by atoms with Gasteiger partial charge in [-0.05, 0) is 5.92 Å². The van der Waals surface area contributed by atoms with Crippen molar-refractivity contribution in [3.63, 3.8) is 0 Å². The molecule has 10 heavy (non-hydrogen) atoms. The van der Waals surface area contributed by atoms with Gasteiger partial charge in [0.15, 0.2) is 0 Å². The Kier molecular flexibility index (Phi) is 4.42. The number of hydrogen-bond acceptors (Lipinski definition) is 2. The van der Waals surface area contributed by atoms with E-state index in [2.05, 4.69) is 4.72 Å². The first kappa shape index (κ1) is 9.74. The normalized spacial score (nSPS) is 16.8. The van der Waals surface area contributed by atoms with Crippen LogP contribution in [0.4, 0.5) is 0 Å². The SMILES string of the molecule is CC(C)C(C=O)NS(=O)O. The van der Waals surface area contributed by atoms with Crippen LogP contribution >= 0.6 is 0 Å². The summed E-state index contributed by atoms with van der Waals surface area (Å²) in [4.78, 5) is 10.2.